The van der Waals surface area contributed by atoms with Crippen LogP contribution in [0.2, 0.25) is 0 Å². The maximum Gasteiger partial charge on any atom is 0.422 e. The van der Waals surface area contributed by atoms with E-state index in [1.54, 1.807) is 19.1 Å². The average Bonchev–Trinajstić information content (AvgIpc) is 2.95. The second-order valence-corrected chi connectivity index (χ2v) is 5.28. The molecule has 2 aromatic rings. The van der Waals surface area contributed by atoms with Gasteiger partial charge in [0.05, 0.1) is 6.20 Å². The van der Waals surface area contributed by atoms with E-state index in [0.717, 1.165) is 0 Å². The molecule has 3 N–H and O–H groups in total. The summed E-state index contributed by atoms with van der Waals surface area (Å²) in [6.07, 6.45) is -0.136. The lowest BCUT2D eigenvalue weighted by atomic mass is 10.1. The van der Waals surface area contributed by atoms with Crippen LogP contribution >= 0.6 is 0 Å². The zero-order chi connectivity index (χ0) is 19.3. The molecule has 1 aliphatic rings. The molecule has 0 bridgehead atoms. The van der Waals surface area contributed by atoms with Crippen molar-refractivity contribution in [3.63, 3.8) is 0 Å². The van der Waals surface area contributed by atoms with Gasteiger partial charge in [0, 0.05) is 30.1 Å². The SMILES string of the molecule is Cc1ccncc1OCC(F)(F)F.NC(=O)c1nccc2c1CNC2=O. The summed E-state index contributed by atoms with van der Waals surface area (Å²) in [4.78, 5) is 29.5. The molecule has 0 unspecified atom stereocenters. The van der Waals surface area contributed by atoms with Crippen LogP contribution in [-0.4, -0.2) is 34.6 Å². The number of hydrogen-bond donors (Lipinski definition) is 2. The number of alkyl halides is 3. The summed E-state index contributed by atoms with van der Waals surface area (Å²) in [6.45, 7) is 0.715. The Morgan fingerprint density at radius 1 is 1.35 bits per heavy atom. The summed E-state index contributed by atoms with van der Waals surface area (Å²) in [5.41, 5.74) is 6.99. The number of amides is 2. The van der Waals surface area contributed by atoms with Crippen LogP contribution in [0.15, 0.2) is 30.7 Å². The summed E-state index contributed by atoms with van der Waals surface area (Å²) in [5.74, 6) is -0.618. The van der Waals surface area contributed by atoms with E-state index in [9.17, 15) is 22.8 Å². The van der Waals surface area contributed by atoms with Crippen LogP contribution in [-0.2, 0) is 6.54 Å². The van der Waals surface area contributed by atoms with Gasteiger partial charge in [-0.1, -0.05) is 0 Å². The van der Waals surface area contributed by atoms with E-state index < -0.39 is 18.7 Å². The lowest BCUT2D eigenvalue weighted by Crippen LogP contribution is -2.19. The van der Waals surface area contributed by atoms with Gasteiger partial charge in [-0.3, -0.25) is 19.6 Å². The molecule has 1 aliphatic heterocycles. The van der Waals surface area contributed by atoms with E-state index in [0.29, 0.717) is 23.2 Å². The maximum absolute atomic E-state index is 11.7. The van der Waals surface area contributed by atoms with Gasteiger partial charge in [0.25, 0.3) is 11.8 Å². The highest BCUT2D eigenvalue weighted by Crippen LogP contribution is 2.20. The van der Waals surface area contributed by atoms with Crippen LogP contribution < -0.4 is 15.8 Å². The predicted octanol–water partition coefficient (Wildman–Crippen LogP) is 1.76. The van der Waals surface area contributed by atoms with Crippen molar-refractivity contribution < 1.29 is 27.5 Å². The largest absolute Gasteiger partial charge is 0.482 e. The highest BCUT2D eigenvalue weighted by atomic mass is 19.4. The Labute approximate surface area is 146 Å². The molecule has 7 nitrogen and oxygen atoms in total. The number of nitrogens with one attached hydrogen (secondary N) is 1. The number of halogens is 3. The molecule has 3 heterocycles. The molecule has 138 valence electrons. The van der Waals surface area contributed by atoms with Crippen molar-refractivity contribution in [3.05, 3.63) is 53.1 Å². The van der Waals surface area contributed by atoms with Gasteiger partial charge in [0.1, 0.15) is 11.4 Å². The summed E-state index contributed by atoms with van der Waals surface area (Å²) in [5, 5.41) is 2.59. The standard InChI is InChI=1S/C8H8F3NO.C8H7N3O2/c1-6-2-3-12-4-7(6)13-5-8(9,10)11;9-7(12)6-5-3-11-8(13)4(5)1-2-10-6/h2-4H,5H2,1H3;1-2H,3H2,(H2,9,12)(H,11,13). The van der Waals surface area contributed by atoms with E-state index in [2.05, 4.69) is 20.0 Å². The van der Waals surface area contributed by atoms with Gasteiger partial charge in [-0.15, -0.1) is 0 Å². The van der Waals surface area contributed by atoms with E-state index in [1.165, 1.54) is 18.6 Å². The molecule has 0 radical (unpaired) electrons. The third-order valence-electron chi connectivity index (χ3n) is 3.34. The van der Waals surface area contributed by atoms with Crippen LogP contribution in [0.25, 0.3) is 0 Å². The molecule has 10 heteroatoms. The van der Waals surface area contributed by atoms with Crippen molar-refractivity contribution >= 4 is 11.8 Å². The number of hydrogen-bond acceptors (Lipinski definition) is 5. The lowest BCUT2D eigenvalue weighted by Gasteiger charge is -2.09. The Morgan fingerprint density at radius 2 is 2.08 bits per heavy atom. The first-order chi connectivity index (χ1) is 12.2. The molecular weight excluding hydrogens is 353 g/mol. The number of ether oxygens (including phenoxy) is 1. The highest BCUT2D eigenvalue weighted by molar-refractivity contribution is 6.02. The number of rotatable bonds is 3. The molecule has 0 aromatic carbocycles. The monoisotopic (exact) mass is 368 g/mol. The van der Waals surface area contributed by atoms with Gasteiger partial charge in [-0.25, -0.2) is 0 Å². The Hall–Kier alpha value is -3.17. The van der Waals surface area contributed by atoms with Gasteiger partial charge in [0.15, 0.2) is 6.61 Å². The van der Waals surface area contributed by atoms with Gasteiger partial charge >= 0.3 is 6.18 Å². The summed E-state index contributed by atoms with van der Waals surface area (Å²) in [7, 11) is 0. The minimum atomic E-state index is -4.30. The molecular formula is C16H15F3N4O3. The van der Waals surface area contributed by atoms with E-state index in [-0.39, 0.29) is 17.4 Å². The Bertz CT molecular complexity index is 825. The smallest absolute Gasteiger partial charge is 0.422 e. The fraction of sp³-hybridized carbons (Fsp3) is 0.250. The fourth-order valence-corrected chi connectivity index (χ4v) is 2.12. The molecule has 0 fully saturated rings. The first-order valence-corrected chi connectivity index (χ1v) is 7.35. The van der Waals surface area contributed by atoms with Crippen molar-refractivity contribution in [1.82, 2.24) is 15.3 Å². The van der Waals surface area contributed by atoms with Gasteiger partial charge < -0.3 is 15.8 Å². The Balaban J connectivity index is 0.000000187. The molecule has 0 saturated heterocycles. The molecule has 0 spiro atoms. The third kappa shape index (κ3) is 4.91. The first-order valence-electron chi connectivity index (χ1n) is 7.35. The van der Waals surface area contributed by atoms with Crippen LogP contribution in [0.5, 0.6) is 5.75 Å². The number of nitrogens with two attached hydrogens (primary N) is 1. The topological polar surface area (TPSA) is 107 Å². The van der Waals surface area contributed by atoms with Crippen molar-refractivity contribution in [2.45, 2.75) is 19.6 Å². The predicted molar refractivity (Wildman–Crippen MR) is 84.4 cm³/mol. The van der Waals surface area contributed by atoms with Crippen LogP contribution in [0, 0.1) is 6.92 Å². The number of pyridine rings is 2. The molecule has 0 aliphatic carbocycles. The molecule has 0 atom stereocenters. The van der Waals surface area contributed by atoms with Crippen LogP contribution in [0.4, 0.5) is 13.2 Å². The van der Waals surface area contributed by atoms with Gasteiger partial charge in [0.2, 0.25) is 0 Å². The minimum Gasteiger partial charge on any atom is -0.482 e. The van der Waals surface area contributed by atoms with Crippen molar-refractivity contribution in [2.75, 3.05) is 6.61 Å². The second kappa shape index (κ2) is 7.81. The van der Waals surface area contributed by atoms with Crippen LogP contribution in [0.3, 0.4) is 0 Å². The number of nitrogens with zero attached hydrogens (tertiary/aromatic N) is 2. The van der Waals surface area contributed by atoms with E-state index >= 15 is 0 Å². The number of aryl methyl sites for hydroxylation is 1. The lowest BCUT2D eigenvalue weighted by molar-refractivity contribution is -0.153. The number of carbonyl (C=O) groups excluding carboxylic acids is 2. The molecule has 2 aromatic heterocycles. The summed E-state index contributed by atoms with van der Waals surface area (Å²) < 4.78 is 39.7. The van der Waals surface area contributed by atoms with E-state index in [4.69, 9.17) is 5.73 Å². The Kier molecular flexibility index (Phi) is 5.75. The molecule has 0 saturated carbocycles. The van der Waals surface area contributed by atoms with Crippen molar-refractivity contribution in [2.24, 2.45) is 5.73 Å². The van der Waals surface area contributed by atoms with Gasteiger partial charge in [-0.2, -0.15) is 13.2 Å². The molecule has 26 heavy (non-hydrogen) atoms. The normalized spacial score (nSPS) is 12.5. The quantitative estimate of drug-likeness (QED) is 0.858. The zero-order valence-electron chi connectivity index (χ0n) is 13.6. The zero-order valence-corrected chi connectivity index (χ0v) is 13.6. The maximum atomic E-state index is 11.7. The Morgan fingerprint density at radius 3 is 2.69 bits per heavy atom. The molecule has 2 amide bonds. The summed E-state index contributed by atoms with van der Waals surface area (Å²) >= 11 is 0. The second-order valence-electron chi connectivity index (χ2n) is 5.28. The number of carbonyl (C=O) groups is 2. The van der Waals surface area contributed by atoms with Crippen molar-refractivity contribution in [1.29, 1.82) is 0 Å². The third-order valence-corrected chi connectivity index (χ3v) is 3.34. The first kappa shape index (κ1) is 19.2. The van der Waals surface area contributed by atoms with Gasteiger partial charge in [-0.05, 0) is 24.6 Å². The highest BCUT2D eigenvalue weighted by Gasteiger charge is 2.28. The number of aromatic nitrogens is 2. The molecule has 3 rings (SSSR count). The number of fused-ring (bicyclic) bond motifs is 1. The average molecular weight is 368 g/mol. The van der Waals surface area contributed by atoms with Crippen LogP contribution in [0.1, 0.15) is 32.0 Å². The fourth-order valence-electron chi connectivity index (χ4n) is 2.12. The van der Waals surface area contributed by atoms with Crippen molar-refractivity contribution in [3.8, 4) is 5.75 Å². The van der Waals surface area contributed by atoms with E-state index in [1.807, 2.05) is 0 Å². The number of primary amides is 1. The summed E-state index contributed by atoms with van der Waals surface area (Å²) in [6, 6.07) is 3.16. The minimum absolute atomic E-state index is 0.167.